The van der Waals surface area contributed by atoms with Gasteiger partial charge in [-0.25, -0.2) is 4.99 Å². The Morgan fingerprint density at radius 3 is 2.58 bits per heavy atom. The van der Waals surface area contributed by atoms with E-state index < -0.39 is 11.9 Å². The first-order valence-electron chi connectivity index (χ1n) is 8.93. The van der Waals surface area contributed by atoms with Gasteiger partial charge in [0.1, 0.15) is 17.7 Å². The molecule has 3 aliphatic heterocycles. The number of aliphatic imine (C=N–C) groups is 2. The summed E-state index contributed by atoms with van der Waals surface area (Å²) >= 11 is 0. The molecule has 1 saturated carbocycles. The van der Waals surface area contributed by atoms with Crippen LogP contribution in [0.25, 0.3) is 0 Å². The molecule has 7 nitrogen and oxygen atoms in total. The van der Waals surface area contributed by atoms with Gasteiger partial charge in [-0.05, 0) is 37.2 Å². The van der Waals surface area contributed by atoms with Crippen molar-refractivity contribution in [3.8, 4) is 6.07 Å². The maximum Gasteiger partial charge on any atom is 0.290 e. The van der Waals surface area contributed by atoms with Crippen molar-refractivity contribution in [2.75, 3.05) is 27.2 Å². The van der Waals surface area contributed by atoms with Gasteiger partial charge >= 0.3 is 0 Å². The predicted octanol–water partition coefficient (Wildman–Crippen LogP) is 1.09. The summed E-state index contributed by atoms with van der Waals surface area (Å²) in [6, 6.07) is 1.39. The molecule has 134 valence electrons. The molecule has 0 aromatic rings. The smallest absolute Gasteiger partial charge is 0.290 e. The lowest BCUT2D eigenvalue weighted by molar-refractivity contribution is -0.128. The van der Waals surface area contributed by atoms with Crippen molar-refractivity contribution in [3.63, 3.8) is 0 Å². The summed E-state index contributed by atoms with van der Waals surface area (Å²) in [4.78, 5) is 36.5. The average Bonchev–Trinajstić information content (AvgIpc) is 3.39. The molecule has 1 unspecified atom stereocenters. The van der Waals surface area contributed by atoms with Crippen molar-refractivity contribution < 1.29 is 9.59 Å². The molecule has 1 saturated heterocycles. The highest BCUT2D eigenvalue weighted by Gasteiger charge is 2.46. The largest absolute Gasteiger partial charge is 0.370 e. The van der Waals surface area contributed by atoms with Gasteiger partial charge in [0.2, 0.25) is 0 Å². The van der Waals surface area contributed by atoms with Crippen molar-refractivity contribution in [3.05, 3.63) is 22.9 Å². The van der Waals surface area contributed by atoms with Gasteiger partial charge in [-0.2, -0.15) is 5.26 Å². The van der Waals surface area contributed by atoms with Gasteiger partial charge in [0.05, 0.1) is 11.4 Å². The van der Waals surface area contributed by atoms with Gasteiger partial charge in [-0.15, -0.1) is 0 Å². The number of hydrogen-bond acceptors (Lipinski definition) is 5. The minimum absolute atomic E-state index is 0.0677. The molecule has 0 N–H and O–H groups in total. The molecule has 1 spiro atoms. The maximum atomic E-state index is 12.3. The number of carbonyl (C=O) groups is 2. The summed E-state index contributed by atoms with van der Waals surface area (Å²) in [6.07, 6.45) is 7.95. The first kappa shape index (κ1) is 16.7. The number of hydrogen-bond donors (Lipinski definition) is 0. The Bertz CT molecular complexity index is 842. The molecule has 3 heterocycles. The molecule has 1 aliphatic carbocycles. The number of likely N-dealkylation sites (N-methyl/N-ethyl adjacent to an activating group) is 1. The van der Waals surface area contributed by atoms with Crippen LogP contribution in [0.2, 0.25) is 0 Å². The molecule has 26 heavy (non-hydrogen) atoms. The number of fused-ring (bicyclic) bond motifs is 1. The van der Waals surface area contributed by atoms with E-state index in [2.05, 4.69) is 14.9 Å². The fraction of sp³-hybridized carbons (Fsp3) is 0.526. The number of nitriles is 1. The number of amides is 2. The third kappa shape index (κ3) is 2.66. The lowest BCUT2D eigenvalue weighted by Crippen LogP contribution is -2.40. The molecular formula is C19H21N5O2. The number of rotatable bonds is 2. The van der Waals surface area contributed by atoms with E-state index in [0.717, 1.165) is 25.9 Å². The van der Waals surface area contributed by atoms with E-state index in [1.54, 1.807) is 20.2 Å². The van der Waals surface area contributed by atoms with Crippen LogP contribution in [0.4, 0.5) is 0 Å². The van der Waals surface area contributed by atoms with Crippen LogP contribution in [0.5, 0.6) is 0 Å². The SMILES string of the molecule is CN(C)C(=O)C1C=C2C(=NC(=O)C(C#N)=C2N2CCC3(CC2)CC3)C=N1. The Labute approximate surface area is 152 Å². The lowest BCUT2D eigenvalue weighted by atomic mass is 9.89. The Balaban J connectivity index is 1.72. The summed E-state index contributed by atoms with van der Waals surface area (Å²) < 4.78 is 0. The van der Waals surface area contributed by atoms with E-state index >= 15 is 0 Å². The zero-order chi connectivity index (χ0) is 18.5. The fourth-order valence-corrected chi connectivity index (χ4v) is 3.91. The van der Waals surface area contributed by atoms with Crippen molar-refractivity contribution >= 4 is 23.7 Å². The van der Waals surface area contributed by atoms with Crippen LogP contribution in [0.3, 0.4) is 0 Å². The van der Waals surface area contributed by atoms with Crippen molar-refractivity contribution in [1.29, 1.82) is 5.26 Å². The third-order valence-corrected chi connectivity index (χ3v) is 5.79. The van der Waals surface area contributed by atoms with E-state index in [0.29, 0.717) is 22.4 Å². The first-order valence-corrected chi connectivity index (χ1v) is 8.93. The second-order valence-corrected chi connectivity index (χ2v) is 7.66. The quantitative estimate of drug-likeness (QED) is 0.745. The van der Waals surface area contributed by atoms with Gasteiger partial charge in [0.25, 0.3) is 11.8 Å². The summed E-state index contributed by atoms with van der Waals surface area (Å²) in [5.41, 5.74) is 2.31. The molecular weight excluding hydrogens is 330 g/mol. The zero-order valence-electron chi connectivity index (χ0n) is 15.0. The number of allylic oxidation sites excluding steroid dienone is 1. The molecule has 0 bridgehead atoms. The van der Waals surface area contributed by atoms with Crippen molar-refractivity contribution in [2.45, 2.75) is 31.7 Å². The number of piperidine rings is 1. The molecule has 0 aromatic carbocycles. The Morgan fingerprint density at radius 2 is 2.00 bits per heavy atom. The fourth-order valence-electron chi connectivity index (χ4n) is 3.91. The van der Waals surface area contributed by atoms with Gasteiger partial charge < -0.3 is 9.80 Å². The van der Waals surface area contributed by atoms with E-state index in [1.165, 1.54) is 24.0 Å². The molecule has 2 amide bonds. The van der Waals surface area contributed by atoms with Gasteiger partial charge in [0.15, 0.2) is 0 Å². The highest BCUT2D eigenvalue weighted by atomic mass is 16.2. The van der Waals surface area contributed by atoms with E-state index in [4.69, 9.17) is 0 Å². The average molecular weight is 351 g/mol. The Kier molecular flexibility index (Phi) is 3.79. The number of carbonyl (C=O) groups excluding carboxylic acids is 2. The predicted molar refractivity (Wildman–Crippen MR) is 96.6 cm³/mol. The highest BCUT2D eigenvalue weighted by molar-refractivity contribution is 6.44. The van der Waals surface area contributed by atoms with Crippen LogP contribution in [-0.4, -0.2) is 66.8 Å². The third-order valence-electron chi connectivity index (χ3n) is 5.79. The molecule has 0 aromatic heterocycles. The second-order valence-electron chi connectivity index (χ2n) is 7.66. The summed E-state index contributed by atoms with van der Waals surface area (Å²) in [7, 11) is 3.36. The minimum atomic E-state index is -0.651. The number of dihydropyridines is 2. The molecule has 0 radical (unpaired) electrons. The van der Waals surface area contributed by atoms with Gasteiger partial charge in [-0.3, -0.25) is 14.6 Å². The van der Waals surface area contributed by atoms with E-state index in [1.807, 2.05) is 6.07 Å². The van der Waals surface area contributed by atoms with Crippen LogP contribution < -0.4 is 0 Å². The van der Waals surface area contributed by atoms with E-state index in [-0.39, 0.29) is 11.5 Å². The minimum Gasteiger partial charge on any atom is -0.370 e. The van der Waals surface area contributed by atoms with Crippen molar-refractivity contribution in [2.24, 2.45) is 15.4 Å². The summed E-state index contributed by atoms with van der Waals surface area (Å²) in [5.74, 6) is -0.664. The topological polar surface area (TPSA) is 89.1 Å². The van der Waals surface area contributed by atoms with Crippen LogP contribution in [-0.2, 0) is 9.59 Å². The highest BCUT2D eigenvalue weighted by Crippen LogP contribution is 2.54. The van der Waals surface area contributed by atoms with Crippen LogP contribution in [0.15, 0.2) is 32.9 Å². The first-order chi connectivity index (χ1) is 12.4. The molecule has 4 aliphatic rings. The van der Waals surface area contributed by atoms with Crippen LogP contribution >= 0.6 is 0 Å². The lowest BCUT2D eigenvalue weighted by Gasteiger charge is -2.38. The normalized spacial score (nSPS) is 26.1. The summed E-state index contributed by atoms with van der Waals surface area (Å²) in [6.45, 7) is 1.64. The van der Waals surface area contributed by atoms with Crippen LogP contribution in [0, 0.1) is 16.7 Å². The second kappa shape index (κ2) is 5.90. The maximum absolute atomic E-state index is 12.3. The van der Waals surface area contributed by atoms with E-state index in [9.17, 15) is 14.9 Å². The number of nitrogens with zero attached hydrogens (tertiary/aromatic N) is 5. The summed E-state index contributed by atoms with van der Waals surface area (Å²) in [5, 5.41) is 9.57. The Hall–Kier alpha value is -2.75. The van der Waals surface area contributed by atoms with Gasteiger partial charge in [0, 0.05) is 39.0 Å². The number of likely N-dealkylation sites (tertiary alicyclic amines) is 1. The van der Waals surface area contributed by atoms with Gasteiger partial charge in [-0.1, -0.05) is 0 Å². The molecule has 4 rings (SSSR count). The molecule has 1 atom stereocenters. The monoisotopic (exact) mass is 351 g/mol. The Morgan fingerprint density at radius 1 is 1.31 bits per heavy atom. The molecule has 2 fully saturated rings. The van der Waals surface area contributed by atoms with Crippen LogP contribution in [0.1, 0.15) is 25.7 Å². The zero-order valence-corrected chi connectivity index (χ0v) is 15.0. The van der Waals surface area contributed by atoms with Crippen molar-refractivity contribution in [1.82, 2.24) is 9.80 Å². The molecule has 7 heteroatoms. The standard InChI is InChI=1S/C19H21N5O2/c1-23(2)18(26)14-9-12-15(11-21-14)22-17(25)13(10-20)16(12)24-7-5-19(3-4-19)6-8-24/h9,11,14H,3-8H2,1-2H3.